The fourth-order valence-electron chi connectivity index (χ4n) is 1.84. The number of rotatable bonds is 7. The molecule has 0 aromatic carbocycles. The molecule has 3 N–H and O–H groups in total. The minimum atomic E-state index is -0.959. The second kappa shape index (κ2) is 7.76. The minimum absolute atomic E-state index is 0.00447. The number of nitrogens with one attached hydrogen (secondary N) is 2. The summed E-state index contributed by atoms with van der Waals surface area (Å²) in [7, 11) is 0. The zero-order chi connectivity index (χ0) is 15.1. The number of aliphatic carboxylic acids is 1. The summed E-state index contributed by atoms with van der Waals surface area (Å²) in [4.78, 5) is 33.7. The summed E-state index contributed by atoms with van der Waals surface area (Å²) in [5.41, 5.74) is -0.675. The van der Waals surface area contributed by atoms with Gasteiger partial charge in [-0.15, -0.1) is 0 Å². The Balaban J connectivity index is 4.16. The van der Waals surface area contributed by atoms with Crippen molar-refractivity contribution in [2.45, 2.75) is 59.4 Å². The average molecular weight is 272 g/mol. The molecule has 0 aliphatic carbocycles. The Kier molecular flexibility index (Phi) is 7.11. The van der Waals surface area contributed by atoms with Gasteiger partial charge in [0.15, 0.2) is 0 Å². The first-order valence-corrected chi connectivity index (χ1v) is 6.48. The van der Waals surface area contributed by atoms with Crippen LogP contribution >= 0.6 is 0 Å². The first-order chi connectivity index (χ1) is 8.66. The number of imide groups is 1. The Morgan fingerprint density at radius 2 is 1.79 bits per heavy atom. The average Bonchev–Trinajstić information content (AvgIpc) is 2.12. The quantitative estimate of drug-likeness (QED) is 0.659. The molecular weight excluding hydrogens is 248 g/mol. The van der Waals surface area contributed by atoms with E-state index < -0.39 is 23.3 Å². The van der Waals surface area contributed by atoms with E-state index in [1.54, 1.807) is 13.8 Å². The van der Waals surface area contributed by atoms with Crippen molar-refractivity contribution in [3.63, 3.8) is 0 Å². The van der Waals surface area contributed by atoms with Gasteiger partial charge in [-0.1, -0.05) is 27.2 Å². The molecule has 1 unspecified atom stereocenters. The van der Waals surface area contributed by atoms with Crippen molar-refractivity contribution in [3.8, 4) is 0 Å². The molecule has 19 heavy (non-hydrogen) atoms. The molecule has 0 rings (SSSR count). The second-order valence-electron chi connectivity index (χ2n) is 5.62. The molecule has 0 aromatic heterocycles. The third-order valence-corrected chi connectivity index (χ3v) is 2.62. The van der Waals surface area contributed by atoms with Crippen molar-refractivity contribution in [1.82, 2.24) is 10.6 Å². The Bertz CT molecular complexity index is 340. The number of hydrogen-bond donors (Lipinski definition) is 3. The minimum Gasteiger partial charge on any atom is -0.481 e. The van der Waals surface area contributed by atoms with Crippen LogP contribution in [0.25, 0.3) is 0 Å². The number of carbonyl (C=O) groups is 3. The maximum atomic E-state index is 11.6. The number of carboxylic acid groups (broad SMARTS) is 1. The number of urea groups is 1. The lowest BCUT2D eigenvalue weighted by atomic mass is 9.85. The van der Waals surface area contributed by atoms with Crippen LogP contribution in [0.4, 0.5) is 4.79 Å². The summed E-state index contributed by atoms with van der Waals surface area (Å²) in [5.74, 6) is -1.42. The van der Waals surface area contributed by atoms with Crippen molar-refractivity contribution in [2.24, 2.45) is 5.41 Å². The van der Waals surface area contributed by atoms with Gasteiger partial charge in [0.05, 0.1) is 6.42 Å². The highest BCUT2D eigenvalue weighted by molar-refractivity contribution is 5.94. The van der Waals surface area contributed by atoms with Gasteiger partial charge in [0, 0.05) is 12.5 Å². The van der Waals surface area contributed by atoms with E-state index in [4.69, 9.17) is 5.11 Å². The van der Waals surface area contributed by atoms with E-state index >= 15 is 0 Å². The molecular formula is C13H24N2O4. The lowest BCUT2D eigenvalue weighted by Gasteiger charge is -2.21. The van der Waals surface area contributed by atoms with Gasteiger partial charge < -0.3 is 10.4 Å². The van der Waals surface area contributed by atoms with Crippen LogP contribution in [0.1, 0.15) is 53.4 Å². The van der Waals surface area contributed by atoms with E-state index in [0.717, 1.165) is 12.8 Å². The normalized spacial score (nSPS) is 12.6. The Hall–Kier alpha value is -1.59. The zero-order valence-electron chi connectivity index (χ0n) is 12.1. The van der Waals surface area contributed by atoms with Crippen LogP contribution in [0.3, 0.4) is 0 Å². The zero-order valence-corrected chi connectivity index (χ0v) is 12.1. The lowest BCUT2D eigenvalue weighted by molar-refractivity contribution is -0.139. The van der Waals surface area contributed by atoms with Crippen LogP contribution < -0.4 is 10.6 Å². The molecule has 0 aliphatic heterocycles. The fraction of sp³-hybridized carbons (Fsp3) is 0.769. The number of carbonyl (C=O) groups excluding carboxylic acids is 2. The first kappa shape index (κ1) is 17.4. The predicted octanol–water partition coefficient (Wildman–Crippen LogP) is 1.89. The summed E-state index contributed by atoms with van der Waals surface area (Å²) in [5, 5.41) is 13.6. The molecule has 6 nitrogen and oxygen atoms in total. The Labute approximate surface area is 113 Å². The van der Waals surface area contributed by atoms with E-state index in [0.29, 0.717) is 0 Å². The maximum Gasteiger partial charge on any atom is 0.321 e. The Morgan fingerprint density at radius 3 is 2.26 bits per heavy atom. The molecule has 110 valence electrons. The van der Waals surface area contributed by atoms with Gasteiger partial charge in [-0.3, -0.25) is 14.9 Å². The molecule has 0 spiro atoms. The van der Waals surface area contributed by atoms with Gasteiger partial charge in [-0.25, -0.2) is 4.79 Å². The van der Waals surface area contributed by atoms with Gasteiger partial charge in [0.25, 0.3) is 0 Å². The molecule has 0 aromatic rings. The third kappa shape index (κ3) is 9.04. The van der Waals surface area contributed by atoms with Crippen LogP contribution in [-0.2, 0) is 9.59 Å². The molecule has 0 fully saturated rings. The van der Waals surface area contributed by atoms with E-state index in [1.165, 1.54) is 0 Å². The molecule has 1 atom stereocenters. The van der Waals surface area contributed by atoms with E-state index in [9.17, 15) is 14.4 Å². The van der Waals surface area contributed by atoms with Crippen LogP contribution in [0.15, 0.2) is 0 Å². The van der Waals surface area contributed by atoms with Crippen LogP contribution in [0.2, 0.25) is 0 Å². The van der Waals surface area contributed by atoms with Crippen molar-refractivity contribution >= 4 is 17.9 Å². The van der Waals surface area contributed by atoms with E-state index in [2.05, 4.69) is 10.6 Å². The maximum absolute atomic E-state index is 11.6. The largest absolute Gasteiger partial charge is 0.481 e. The van der Waals surface area contributed by atoms with Gasteiger partial charge in [-0.2, -0.15) is 0 Å². The molecule has 0 radical (unpaired) electrons. The van der Waals surface area contributed by atoms with Crippen molar-refractivity contribution in [1.29, 1.82) is 0 Å². The summed E-state index contributed by atoms with van der Waals surface area (Å²) in [6.07, 6.45) is 1.66. The topological polar surface area (TPSA) is 95.5 Å². The third-order valence-electron chi connectivity index (χ3n) is 2.62. The van der Waals surface area contributed by atoms with Crippen molar-refractivity contribution < 1.29 is 19.5 Å². The lowest BCUT2D eigenvalue weighted by Crippen LogP contribution is -2.44. The van der Waals surface area contributed by atoms with Gasteiger partial charge in [0.2, 0.25) is 5.91 Å². The van der Waals surface area contributed by atoms with Crippen molar-refractivity contribution in [2.75, 3.05) is 0 Å². The van der Waals surface area contributed by atoms with Crippen LogP contribution in [0.5, 0.6) is 0 Å². The fourth-order valence-corrected chi connectivity index (χ4v) is 1.84. The molecule has 0 heterocycles. The predicted molar refractivity (Wildman–Crippen MR) is 71.7 cm³/mol. The SMILES string of the molecule is CCCC(C)NC(=O)NC(=O)CC(C)(C)CC(=O)O. The highest BCUT2D eigenvalue weighted by atomic mass is 16.4. The van der Waals surface area contributed by atoms with E-state index in [1.807, 2.05) is 13.8 Å². The second-order valence-corrected chi connectivity index (χ2v) is 5.62. The molecule has 0 saturated heterocycles. The molecule has 3 amide bonds. The van der Waals surface area contributed by atoms with Gasteiger partial charge in [0.1, 0.15) is 0 Å². The highest BCUT2D eigenvalue weighted by Crippen LogP contribution is 2.24. The van der Waals surface area contributed by atoms with Gasteiger partial charge >= 0.3 is 12.0 Å². The van der Waals surface area contributed by atoms with Gasteiger partial charge in [-0.05, 0) is 18.8 Å². The standard InChI is InChI=1S/C13H24N2O4/c1-5-6-9(2)14-12(19)15-10(16)7-13(3,4)8-11(17)18/h9H,5-8H2,1-4H3,(H,17,18)(H2,14,15,16,19). The summed E-state index contributed by atoms with van der Waals surface area (Å²) >= 11 is 0. The number of amides is 3. The van der Waals surface area contributed by atoms with Crippen LogP contribution in [0, 0.1) is 5.41 Å². The summed E-state index contributed by atoms with van der Waals surface area (Å²) < 4.78 is 0. The smallest absolute Gasteiger partial charge is 0.321 e. The van der Waals surface area contributed by atoms with E-state index in [-0.39, 0.29) is 18.9 Å². The molecule has 0 aliphatic rings. The molecule has 0 bridgehead atoms. The monoisotopic (exact) mass is 272 g/mol. The first-order valence-electron chi connectivity index (χ1n) is 6.48. The summed E-state index contributed by atoms with van der Waals surface area (Å²) in [6.45, 7) is 7.23. The number of hydrogen-bond acceptors (Lipinski definition) is 3. The number of carboxylic acids is 1. The highest BCUT2D eigenvalue weighted by Gasteiger charge is 2.26. The molecule has 0 saturated carbocycles. The Morgan fingerprint density at radius 1 is 1.21 bits per heavy atom. The van der Waals surface area contributed by atoms with Crippen molar-refractivity contribution in [3.05, 3.63) is 0 Å². The summed E-state index contributed by atoms with van der Waals surface area (Å²) in [6, 6.07) is -0.526. The molecule has 6 heteroatoms. The van der Waals surface area contributed by atoms with Crippen LogP contribution in [-0.4, -0.2) is 29.1 Å².